The van der Waals surface area contributed by atoms with Crippen molar-refractivity contribution in [3.05, 3.63) is 0 Å². The van der Waals surface area contributed by atoms with Gasteiger partial charge in [-0.3, -0.25) is 4.79 Å². The van der Waals surface area contributed by atoms with Crippen LogP contribution in [0.1, 0.15) is 25.7 Å². The van der Waals surface area contributed by atoms with Crippen LogP contribution in [0.25, 0.3) is 0 Å². The van der Waals surface area contributed by atoms with E-state index in [1.54, 1.807) is 0 Å². The maximum absolute atomic E-state index is 12.2. The number of rotatable bonds is 2. The molecule has 2 rings (SSSR count). The Bertz CT molecular complexity index is 369. The van der Waals surface area contributed by atoms with Crippen molar-refractivity contribution in [2.45, 2.75) is 37.9 Å². The van der Waals surface area contributed by atoms with E-state index in [1.165, 1.54) is 0 Å². The first-order valence-corrected chi connectivity index (χ1v) is 5.88. The number of carboxylic acids is 1. The van der Waals surface area contributed by atoms with Crippen molar-refractivity contribution in [2.75, 3.05) is 6.54 Å². The van der Waals surface area contributed by atoms with Gasteiger partial charge in [0.25, 0.3) is 0 Å². The van der Waals surface area contributed by atoms with E-state index in [1.807, 2.05) is 0 Å². The minimum atomic E-state index is -4.59. The third-order valence-corrected chi connectivity index (χ3v) is 3.82. The number of fused-ring (bicyclic) bond motifs is 1. The van der Waals surface area contributed by atoms with Crippen molar-refractivity contribution < 1.29 is 27.9 Å². The summed E-state index contributed by atoms with van der Waals surface area (Å²) in [5, 5.41) is 9.10. The number of likely N-dealkylation sites (tertiary alicyclic amines) is 1. The summed E-state index contributed by atoms with van der Waals surface area (Å²) in [5.74, 6) is -2.45. The molecule has 2 aliphatic rings. The Hall–Kier alpha value is -1.27. The monoisotopic (exact) mass is 265 g/mol. The number of amides is 1. The van der Waals surface area contributed by atoms with E-state index in [2.05, 4.69) is 0 Å². The van der Waals surface area contributed by atoms with Gasteiger partial charge >= 0.3 is 12.1 Å². The lowest BCUT2D eigenvalue weighted by molar-refractivity contribution is -0.166. The zero-order valence-corrected chi connectivity index (χ0v) is 9.61. The molecule has 0 bridgehead atoms. The van der Waals surface area contributed by atoms with Crippen molar-refractivity contribution in [3.8, 4) is 0 Å². The van der Waals surface area contributed by atoms with Crippen LogP contribution in [0.2, 0.25) is 0 Å². The fraction of sp³-hybridized carbons (Fsp3) is 0.818. The van der Waals surface area contributed by atoms with Crippen LogP contribution in [0, 0.1) is 11.8 Å². The van der Waals surface area contributed by atoms with Crippen LogP contribution in [0.3, 0.4) is 0 Å². The number of hydrogen-bond donors (Lipinski definition) is 1. The summed E-state index contributed by atoms with van der Waals surface area (Å²) in [6, 6.07) is -1.08. The quantitative estimate of drug-likeness (QED) is 0.826. The Kier molecular flexibility index (Phi) is 3.25. The second kappa shape index (κ2) is 4.44. The van der Waals surface area contributed by atoms with Crippen LogP contribution in [0.4, 0.5) is 13.2 Å². The summed E-state index contributed by atoms with van der Waals surface area (Å²) in [5.41, 5.74) is 0. The average Bonchev–Trinajstić information content (AvgIpc) is 2.70. The number of carboxylic acid groups (broad SMARTS) is 1. The van der Waals surface area contributed by atoms with E-state index in [0.29, 0.717) is 6.42 Å². The minimum Gasteiger partial charge on any atom is -0.480 e. The Balaban J connectivity index is 2.12. The maximum atomic E-state index is 12.2. The summed E-state index contributed by atoms with van der Waals surface area (Å²) in [6.45, 7) is 0.149. The molecule has 3 atom stereocenters. The zero-order chi connectivity index (χ0) is 13.5. The molecule has 7 heteroatoms. The van der Waals surface area contributed by atoms with Gasteiger partial charge < -0.3 is 10.0 Å². The smallest absolute Gasteiger partial charge is 0.397 e. The lowest BCUT2D eigenvalue weighted by atomic mass is 9.94. The molecule has 1 saturated carbocycles. The van der Waals surface area contributed by atoms with Crippen LogP contribution in [0.5, 0.6) is 0 Å². The third-order valence-electron chi connectivity index (χ3n) is 3.82. The van der Waals surface area contributed by atoms with Crippen LogP contribution in [0.15, 0.2) is 0 Å². The molecular formula is C11H14F3NO3. The SMILES string of the molecule is O=C(O)C1C2CCCC2CN1C(=O)CC(F)(F)F. The molecule has 0 aromatic carbocycles. The fourth-order valence-corrected chi connectivity index (χ4v) is 3.15. The summed E-state index contributed by atoms with van der Waals surface area (Å²) in [6.07, 6.45) is -3.80. The second-order valence-electron chi connectivity index (χ2n) is 4.98. The van der Waals surface area contributed by atoms with Crippen LogP contribution in [-0.2, 0) is 9.59 Å². The molecule has 3 unspecified atom stereocenters. The first kappa shape index (κ1) is 13.2. The summed E-state index contributed by atoms with van der Waals surface area (Å²) >= 11 is 0. The highest BCUT2D eigenvalue weighted by Crippen LogP contribution is 2.42. The molecule has 0 aromatic rings. The van der Waals surface area contributed by atoms with E-state index in [0.717, 1.165) is 17.7 Å². The van der Waals surface area contributed by atoms with Crippen molar-refractivity contribution >= 4 is 11.9 Å². The lowest BCUT2D eigenvalue weighted by Gasteiger charge is -2.24. The van der Waals surface area contributed by atoms with E-state index in [-0.39, 0.29) is 18.4 Å². The predicted molar refractivity (Wildman–Crippen MR) is 54.6 cm³/mol. The van der Waals surface area contributed by atoms with Crippen molar-refractivity contribution in [2.24, 2.45) is 11.8 Å². The minimum absolute atomic E-state index is 0.0447. The van der Waals surface area contributed by atoms with Crippen LogP contribution < -0.4 is 0 Å². The Labute approximate surface area is 102 Å². The average molecular weight is 265 g/mol. The molecule has 102 valence electrons. The van der Waals surface area contributed by atoms with Gasteiger partial charge in [0.15, 0.2) is 0 Å². The maximum Gasteiger partial charge on any atom is 0.397 e. The van der Waals surface area contributed by atoms with Crippen molar-refractivity contribution in [1.82, 2.24) is 4.90 Å². The molecule has 0 aromatic heterocycles. The highest BCUT2D eigenvalue weighted by atomic mass is 19.4. The van der Waals surface area contributed by atoms with Gasteiger partial charge in [-0.05, 0) is 24.7 Å². The first-order valence-electron chi connectivity index (χ1n) is 5.88. The molecule has 1 saturated heterocycles. The molecule has 0 radical (unpaired) electrons. The van der Waals surface area contributed by atoms with Gasteiger partial charge in [-0.15, -0.1) is 0 Å². The summed E-state index contributed by atoms with van der Waals surface area (Å²) in [7, 11) is 0. The number of carbonyl (C=O) groups is 2. The molecule has 1 heterocycles. The molecule has 1 amide bonds. The molecule has 0 spiro atoms. The van der Waals surface area contributed by atoms with Crippen molar-refractivity contribution in [1.29, 1.82) is 0 Å². The van der Waals surface area contributed by atoms with Crippen molar-refractivity contribution in [3.63, 3.8) is 0 Å². The number of nitrogens with zero attached hydrogens (tertiary/aromatic N) is 1. The number of alkyl halides is 3. The Morgan fingerprint density at radius 1 is 1.28 bits per heavy atom. The predicted octanol–water partition coefficient (Wildman–Crippen LogP) is 1.65. The number of carbonyl (C=O) groups excluding carboxylic acids is 1. The van der Waals surface area contributed by atoms with Gasteiger partial charge in [-0.1, -0.05) is 6.42 Å². The van der Waals surface area contributed by atoms with Crippen LogP contribution >= 0.6 is 0 Å². The number of aliphatic carboxylic acids is 1. The lowest BCUT2D eigenvalue weighted by Crippen LogP contribution is -2.44. The third kappa shape index (κ3) is 2.44. The molecule has 1 aliphatic heterocycles. The van der Waals surface area contributed by atoms with Gasteiger partial charge in [-0.25, -0.2) is 4.79 Å². The van der Waals surface area contributed by atoms with Crippen LogP contribution in [-0.4, -0.2) is 40.6 Å². The highest BCUT2D eigenvalue weighted by Gasteiger charge is 2.50. The summed E-state index contributed by atoms with van der Waals surface area (Å²) in [4.78, 5) is 23.6. The molecule has 2 fully saturated rings. The molecule has 4 nitrogen and oxygen atoms in total. The van der Waals surface area contributed by atoms with E-state index in [4.69, 9.17) is 5.11 Å². The van der Waals surface area contributed by atoms with Gasteiger partial charge in [0.05, 0.1) is 0 Å². The van der Waals surface area contributed by atoms with E-state index >= 15 is 0 Å². The topological polar surface area (TPSA) is 57.6 Å². The largest absolute Gasteiger partial charge is 0.480 e. The van der Waals surface area contributed by atoms with E-state index < -0.39 is 30.5 Å². The molecule has 1 N–H and O–H groups in total. The Morgan fingerprint density at radius 3 is 2.50 bits per heavy atom. The highest BCUT2D eigenvalue weighted by molar-refractivity contribution is 5.85. The van der Waals surface area contributed by atoms with Gasteiger partial charge in [0, 0.05) is 6.54 Å². The van der Waals surface area contributed by atoms with E-state index in [9.17, 15) is 22.8 Å². The Morgan fingerprint density at radius 2 is 1.94 bits per heavy atom. The molecule has 1 aliphatic carbocycles. The molecular weight excluding hydrogens is 251 g/mol. The first-order chi connectivity index (χ1) is 8.29. The normalized spacial score (nSPS) is 31.5. The second-order valence-corrected chi connectivity index (χ2v) is 4.98. The zero-order valence-electron chi connectivity index (χ0n) is 9.61. The van der Waals surface area contributed by atoms with Gasteiger partial charge in [0.2, 0.25) is 5.91 Å². The van der Waals surface area contributed by atoms with Gasteiger partial charge in [0.1, 0.15) is 12.5 Å². The standard InChI is InChI=1S/C11H14F3NO3/c12-11(13,14)4-8(16)15-5-6-2-1-3-7(6)9(15)10(17)18/h6-7,9H,1-5H2,(H,17,18). The number of halogens is 3. The number of hydrogen-bond acceptors (Lipinski definition) is 2. The summed E-state index contributed by atoms with van der Waals surface area (Å²) < 4.78 is 36.5. The fourth-order valence-electron chi connectivity index (χ4n) is 3.15. The van der Waals surface area contributed by atoms with Gasteiger partial charge in [-0.2, -0.15) is 13.2 Å². The molecule has 18 heavy (non-hydrogen) atoms.